The monoisotopic (exact) mass is 381 g/mol. The summed E-state index contributed by atoms with van der Waals surface area (Å²) in [5.41, 5.74) is 1.23. The highest BCUT2D eigenvalue weighted by molar-refractivity contribution is 6.30. The lowest BCUT2D eigenvalue weighted by molar-refractivity contribution is -0.120. The summed E-state index contributed by atoms with van der Waals surface area (Å²) in [4.78, 5) is 25.9. The SMILES string of the molecule is O=C(Nc1oc2ccccc2c(=O)c1-c1cccc(Cl)c1)C1CCCCC1. The molecular formula is C22H20ClNO3. The molecular weight excluding hydrogens is 362 g/mol. The van der Waals surface area contributed by atoms with E-state index in [1.807, 2.05) is 0 Å². The maximum Gasteiger partial charge on any atom is 0.229 e. The Morgan fingerprint density at radius 2 is 1.81 bits per heavy atom. The summed E-state index contributed by atoms with van der Waals surface area (Å²) < 4.78 is 5.95. The highest BCUT2D eigenvalue weighted by atomic mass is 35.5. The quantitative estimate of drug-likeness (QED) is 0.639. The third-order valence-electron chi connectivity index (χ3n) is 5.12. The van der Waals surface area contributed by atoms with Crippen LogP contribution in [0.25, 0.3) is 22.1 Å². The fourth-order valence-electron chi connectivity index (χ4n) is 3.71. The molecule has 1 saturated carbocycles. The normalized spacial score (nSPS) is 15.0. The van der Waals surface area contributed by atoms with Gasteiger partial charge in [-0.3, -0.25) is 14.9 Å². The van der Waals surface area contributed by atoms with Crippen LogP contribution in [-0.2, 0) is 4.79 Å². The number of hydrogen-bond acceptors (Lipinski definition) is 3. The minimum absolute atomic E-state index is 0.0391. The van der Waals surface area contributed by atoms with E-state index in [9.17, 15) is 9.59 Å². The fourth-order valence-corrected chi connectivity index (χ4v) is 3.91. The summed E-state index contributed by atoms with van der Waals surface area (Å²) in [5, 5.41) is 3.88. The zero-order valence-corrected chi connectivity index (χ0v) is 15.6. The predicted octanol–water partition coefficient (Wildman–Crippen LogP) is 5.63. The molecule has 27 heavy (non-hydrogen) atoms. The summed E-state index contributed by atoms with van der Waals surface area (Å²) >= 11 is 6.13. The van der Waals surface area contributed by atoms with Crippen molar-refractivity contribution in [3.8, 4) is 11.1 Å². The van der Waals surface area contributed by atoms with Gasteiger partial charge in [0.05, 0.1) is 10.9 Å². The van der Waals surface area contributed by atoms with Crippen LogP contribution in [0, 0.1) is 5.92 Å². The summed E-state index contributed by atoms with van der Waals surface area (Å²) in [5.74, 6) is 0.0654. The third-order valence-corrected chi connectivity index (χ3v) is 5.36. The lowest BCUT2D eigenvalue weighted by Crippen LogP contribution is -2.26. The van der Waals surface area contributed by atoms with E-state index in [1.165, 1.54) is 6.42 Å². The van der Waals surface area contributed by atoms with Crippen molar-refractivity contribution < 1.29 is 9.21 Å². The van der Waals surface area contributed by atoms with E-state index in [0.717, 1.165) is 25.7 Å². The van der Waals surface area contributed by atoms with Crippen LogP contribution >= 0.6 is 11.6 Å². The van der Waals surface area contributed by atoms with Gasteiger partial charge >= 0.3 is 0 Å². The van der Waals surface area contributed by atoms with Gasteiger partial charge in [-0.2, -0.15) is 0 Å². The molecule has 1 aliphatic carbocycles. The Labute approximate surface area is 162 Å². The lowest BCUT2D eigenvalue weighted by Gasteiger charge is -2.21. The summed E-state index contributed by atoms with van der Waals surface area (Å²) in [6.45, 7) is 0. The minimum Gasteiger partial charge on any atom is -0.439 e. The number of rotatable bonds is 3. The van der Waals surface area contributed by atoms with Crippen molar-refractivity contribution in [1.82, 2.24) is 0 Å². The van der Waals surface area contributed by atoms with Crippen LogP contribution in [0.5, 0.6) is 0 Å². The molecule has 1 fully saturated rings. The topological polar surface area (TPSA) is 59.3 Å². The zero-order chi connectivity index (χ0) is 18.8. The largest absolute Gasteiger partial charge is 0.439 e. The molecule has 1 aliphatic rings. The predicted molar refractivity (Wildman–Crippen MR) is 108 cm³/mol. The first-order valence-electron chi connectivity index (χ1n) is 9.26. The third kappa shape index (κ3) is 3.62. The average Bonchev–Trinajstić information content (AvgIpc) is 2.69. The number of benzene rings is 2. The molecule has 2 aromatic carbocycles. The van der Waals surface area contributed by atoms with Crippen LogP contribution in [0.4, 0.5) is 5.88 Å². The zero-order valence-electron chi connectivity index (χ0n) is 14.8. The van der Waals surface area contributed by atoms with Crippen molar-refractivity contribution >= 4 is 34.4 Å². The molecule has 0 saturated heterocycles. The lowest BCUT2D eigenvalue weighted by atomic mass is 9.88. The standard InChI is InChI=1S/C22H20ClNO3/c23-16-10-6-9-15(13-16)19-20(25)17-11-4-5-12-18(17)27-22(19)24-21(26)14-7-2-1-3-8-14/h4-6,9-14H,1-3,7-8H2,(H,24,26). The van der Waals surface area contributed by atoms with Gasteiger partial charge in [-0.25, -0.2) is 0 Å². The van der Waals surface area contributed by atoms with Gasteiger partial charge < -0.3 is 4.42 Å². The van der Waals surface area contributed by atoms with E-state index in [1.54, 1.807) is 48.5 Å². The number of halogens is 1. The van der Waals surface area contributed by atoms with Crippen LogP contribution < -0.4 is 10.7 Å². The van der Waals surface area contributed by atoms with E-state index in [0.29, 0.717) is 27.1 Å². The van der Waals surface area contributed by atoms with Gasteiger partial charge in [0.25, 0.3) is 0 Å². The summed E-state index contributed by atoms with van der Waals surface area (Å²) in [6, 6.07) is 14.1. The second-order valence-electron chi connectivity index (χ2n) is 6.97. The molecule has 0 bridgehead atoms. The maximum atomic E-state index is 13.2. The molecule has 0 unspecified atom stereocenters. The first-order chi connectivity index (χ1) is 13.1. The number of fused-ring (bicyclic) bond motifs is 1. The molecule has 0 spiro atoms. The highest BCUT2D eigenvalue weighted by Gasteiger charge is 2.24. The Kier molecular flexibility index (Phi) is 4.99. The van der Waals surface area contributed by atoms with E-state index in [-0.39, 0.29) is 23.1 Å². The van der Waals surface area contributed by atoms with Crippen molar-refractivity contribution in [2.75, 3.05) is 5.32 Å². The van der Waals surface area contributed by atoms with Crippen molar-refractivity contribution in [2.45, 2.75) is 32.1 Å². The molecule has 1 amide bonds. The summed E-state index contributed by atoms with van der Waals surface area (Å²) in [6.07, 6.45) is 5.02. The average molecular weight is 382 g/mol. The van der Waals surface area contributed by atoms with Crippen LogP contribution in [0.15, 0.2) is 57.7 Å². The number of nitrogens with one attached hydrogen (secondary N) is 1. The van der Waals surface area contributed by atoms with Crippen molar-refractivity contribution in [3.63, 3.8) is 0 Å². The first kappa shape index (κ1) is 17.8. The molecule has 138 valence electrons. The van der Waals surface area contributed by atoms with Crippen LogP contribution in [-0.4, -0.2) is 5.91 Å². The number of anilines is 1. The van der Waals surface area contributed by atoms with E-state index < -0.39 is 0 Å². The van der Waals surface area contributed by atoms with Gasteiger partial charge in [0.2, 0.25) is 17.2 Å². The van der Waals surface area contributed by atoms with E-state index in [2.05, 4.69) is 5.32 Å². The number of amides is 1. The molecule has 0 radical (unpaired) electrons. The molecule has 0 atom stereocenters. The number of hydrogen-bond donors (Lipinski definition) is 1. The van der Waals surface area contributed by atoms with Crippen molar-refractivity contribution in [3.05, 3.63) is 63.8 Å². The number of carbonyl (C=O) groups is 1. The van der Waals surface area contributed by atoms with Gasteiger partial charge in [0.1, 0.15) is 5.58 Å². The van der Waals surface area contributed by atoms with Crippen molar-refractivity contribution in [2.24, 2.45) is 5.92 Å². The van der Waals surface area contributed by atoms with Gasteiger partial charge in [-0.1, -0.05) is 55.1 Å². The molecule has 1 N–H and O–H groups in total. The van der Waals surface area contributed by atoms with Gasteiger partial charge in [-0.05, 0) is 42.7 Å². The van der Waals surface area contributed by atoms with E-state index >= 15 is 0 Å². The summed E-state index contributed by atoms with van der Waals surface area (Å²) in [7, 11) is 0. The Morgan fingerprint density at radius 1 is 1.04 bits per heavy atom. The van der Waals surface area contributed by atoms with E-state index in [4.69, 9.17) is 16.0 Å². The van der Waals surface area contributed by atoms with Crippen LogP contribution in [0.2, 0.25) is 5.02 Å². The number of para-hydroxylation sites is 1. The molecule has 4 nitrogen and oxygen atoms in total. The molecule has 5 heteroatoms. The van der Waals surface area contributed by atoms with Gasteiger partial charge in [0.15, 0.2) is 0 Å². The first-order valence-corrected chi connectivity index (χ1v) is 9.64. The fraction of sp³-hybridized carbons (Fsp3) is 0.273. The Bertz CT molecular complexity index is 1050. The van der Waals surface area contributed by atoms with Crippen molar-refractivity contribution in [1.29, 1.82) is 0 Å². The molecule has 1 heterocycles. The molecule has 0 aliphatic heterocycles. The maximum absolute atomic E-state index is 13.2. The smallest absolute Gasteiger partial charge is 0.229 e. The minimum atomic E-state index is -0.182. The molecule has 4 rings (SSSR count). The second kappa shape index (κ2) is 7.57. The second-order valence-corrected chi connectivity index (χ2v) is 7.40. The Morgan fingerprint density at radius 3 is 2.59 bits per heavy atom. The Balaban J connectivity index is 1.83. The Hall–Kier alpha value is -2.59. The highest BCUT2D eigenvalue weighted by Crippen LogP contribution is 2.32. The molecule has 1 aromatic heterocycles. The van der Waals surface area contributed by atoms with Gasteiger partial charge in [-0.15, -0.1) is 0 Å². The number of carbonyl (C=O) groups excluding carboxylic acids is 1. The van der Waals surface area contributed by atoms with Crippen LogP contribution in [0.1, 0.15) is 32.1 Å². The molecule has 3 aromatic rings. The van der Waals surface area contributed by atoms with Crippen LogP contribution in [0.3, 0.4) is 0 Å². The van der Waals surface area contributed by atoms with Gasteiger partial charge in [0, 0.05) is 10.9 Å².